The molecule has 0 bridgehead atoms. The summed E-state index contributed by atoms with van der Waals surface area (Å²) in [6.45, 7) is 6.20. The van der Waals surface area contributed by atoms with Crippen molar-refractivity contribution < 1.29 is 14.0 Å². The fraction of sp³-hybridized carbons (Fsp3) is 0.238. The molecule has 8 heteroatoms. The highest BCUT2D eigenvalue weighted by atomic mass is 32.2. The number of carbonyl (C=O) groups excluding carboxylic acids is 2. The molecular weight excluding hydrogens is 388 g/mol. The fourth-order valence-corrected chi connectivity index (χ4v) is 3.73. The number of benzene rings is 2. The lowest BCUT2D eigenvalue weighted by Crippen LogP contribution is -2.41. The van der Waals surface area contributed by atoms with Crippen molar-refractivity contribution in [2.45, 2.75) is 31.2 Å². The Morgan fingerprint density at radius 1 is 1.07 bits per heavy atom. The topological polar surface area (TPSA) is 97.1 Å². The van der Waals surface area contributed by atoms with Crippen LogP contribution < -0.4 is 10.6 Å². The minimum Gasteiger partial charge on any atom is -0.411 e. The molecule has 0 unspecified atom stereocenters. The number of hydrogen-bond acceptors (Lipinski definition) is 6. The lowest BCUT2D eigenvalue weighted by atomic mass is 10.1. The van der Waals surface area contributed by atoms with E-state index in [1.54, 1.807) is 6.92 Å². The molecule has 1 atom stereocenters. The van der Waals surface area contributed by atoms with Crippen LogP contribution in [0.4, 0.5) is 4.79 Å². The van der Waals surface area contributed by atoms with Gasteiger partial charge in [-0.1, -0.05) is 47.5 Å². The van der Waals surface area contributed by atoms with Crippen LogP contribution in [0.25, 0.3) is 11.5 Å². The van der Waals surface area contributed by atoms with Crippen LogP contribution in [0, 0.1) is 13.8 Å². The van der Waals surface area contributed by atoms with Gasteiger partial charge in [0.15, 0.2) is 0 Å². The van der Waals surface area contributed by atoms with Crippen molar-refractivity contribution in [3.8, 4) is 11.5 Å². The summed E-state index contributed by atoms with van der Waals surface area (Å²) in [5.74, 6) is -0.0754. The molecule has 0 saturated heterocycles. The van der Waals surface area contributed by atoms with Crippen molar-refractivity contribution >= 4 is 23.7 Å². The highest BCUT2D eigenvalue weighted by Crippen LogP contribution is 2.36. The highest BCUT2D eigenvalue weighted by molar-refractivity contribution is 8.00. The quantitative estimate of drug-likeness (QED) is 0.596. The number of carbonyl (C=O) groups is 2. The van der Waals surface area contributed by atoms with E-state index >= 15 is 0 Å². The third-order valence-electron chi connectivity index (χ3n) is 4.01. The first kappa shape index (κ1) is 20.6. The van der Waals surface area contributed by atoms with E-state index in [-0.39, 0.29) is 5.22 Å². The van der Waals surface area contributed by atoms with E-state index in [2.05, 4.69) is 26.9 Å². The number of imide groups is 1. The second kappa shape index (κ2) is 9.38. The molecule has 2 aromatic carbocycles. The molecule has 0 aliphatic carbocycles. The highest BCUT2D eigenvalue weighted by Gasteiger charge is 2.26. The first-order chi connectivity index (χ1) is 14.0. The van der Waals surface area contributed by atoms with Gasteiger partial charge in [0.05, 0.1) is 0 Å². The molecule has 2 N–H and O–H groups in total. The molecule has 150 valence electrons. The summed E-state index contributed by atoms with van der Waals surface area (Å²) in [6.07, 6.45) is 0. The summed E-state index contributed by atoms with van der Waals surface area (Å²) in [6, 6.07) is 14.6. The third-order valence-corrected chi connectivity index (χ3v) is 5.10. The molecule has 0 fully saturated rings. The van der Waals surface area contributed by atoms with Crippen molar-refractivity contribution in [1.82, 2.24) is 20.8 Å². The number of nitrogens with one attached hydrogen (secondary N) is 2. The number of rotatable bonds is 6. The Morgan fingerprint density at radius 3 is 2.41 bits per heavy atom. The van der Waals surface area contributed by atoms with Gasteiger partial charge in [0.1, 0.15) is 5.25 Å². The summed E-state index contributed by atoms with van der Waals surface area (Å²) in [5.41, 5.74) is 3.74. The van der Waals surface area contributed by atoms with Gasteiger partial charge in [-0.05, 0) is 50.2 Å². The van der Waals surface area contributed by atoms with E-state index in [0.717, 1.165) is 34.0 Å². The van der Waals surface area contributed by atoms with Crippen molar-refractivity contribution in [3.05, 3.63) is 65.2 Å². The largest absolute Gasteiger partial charge is 0.411 e. The number of aromatic nitrogens is 2. The fourth-order valence-electron chi connectivity index (χ4n) is 2.86. The van der Waals surface area contributed by atoms with Gasteiger partial charge in [0.25, 0.3) is 5.22 Å². The number of amides is 3. The lowest BCUT2D eigenvalue weighted by molar-refractivity contribution is -0.119. The molecule has 0 spiro atoms. The molecule has 0 aliphatic heterocycles. The van der Waals surface area contributed by atoms with Crippen molar-refractivity contribution in [3.63, 3.8) is 0 Å². The average molecular weight is 410 g/mol. The molecule has 0 saturated carbocycles. The molecule has 3 rings (SSSR count). The van der Waals surface area contributed by atoms with Gasteiger partial charge in [-0.2, -0.15) is 0 Å². The van der Waals surface area contributed by atoms with Crippen LogP contribution >= 0.6 is 11.8 Å². The number of aryl methyl sites for hydroxylation is 2. The zero-order chi connectivity index (χ0) is 20.8. The first-order valence-corrected chi connectivity index (χ1v) is 10.1. The molecular formula is C21H22N4O3S. The summed E-state index contributed by atoms with van der Waals surface area (Å²) < 4.78 is 5.79. The Hall–Kier alpha value is -3.13. The van der Waals surface area contributed by atoms with Crippen molar-refractivity contribution in [1.29, 1.82) is 0 Å². The number of nitrogens with zero attached hydrogens (tertiary/aromatic N) is 2. The summed E-state index contributed by atoms with van der Waals surface area (Å²) >= 11 is 1.10. The second-order valence-electron chi connectivity index (χ2n) is 6.51. The maximum Gasteiger partial charge on any atom is 0.321 e. The van der Waals surface area contributed by atoms with Crippen LogP contribution in [0.5, 0.6) is 0 Å². The normalized spacial score (nSPS) is 11.7. The number of urea groups is 1. The Kier molecular flexibility index (Phi) is 6.66. The van der Waals surface area contributed by atoms with Gasteiger partial charge in [-0.15, -0.1) is 10.2 Å². The second-order valence-corrected chi connectivity index (χ2v) is 7.56. The molecule has 0 radical (unpaired) electrons. The maximum atomic E-state index is 12.7. The lowest BCUT2D eigenvalue weighted by Gasteiger charge is -2.14. The van der Waals surface area contributed by atoms with Gasteiger partial charge in [-0.3, -0.25) is 10.1 Å². The van der Waals surface area contributed by atoms with Crippen LogP contribution in [0.1, 0.15) is 28.9 Å². The summed E-state index contributed by atoms with van der Waals surface area (Å²) in [7, 11) is 0. The Bertz CT molecular complexity index is 984. The van der Waals surface area contributed by atoms with Gasteiger partial charge in [-0.25, -0.2) is 4.79 Å². The van der Waals surface area contributed by atoms with Crippen LogP contribution in [0.3, 0.4) is 0 Å². The van der Waals surface area contributed by atoms with Crippen LogP contribution in [0.2, 0.25) is 0 Å². The molecule has 3 amide bonds. The Balaban J connectivity index is 1.84. The van der Waals surface area contributed by atoms with Crippen LogP contribution in [-0.2, 0) is 4.79 Å². The van der Waals surface area contributed by atoms with Crippen molar-refractivity contribution in [2.24, 2.45) is 0 Å². The summed E-state index contributed by atoms with van der Waals surface area (Å²) in [5, 5.41) is 12.6. The molecule has 0 aliphatic rings. The zero-order valence-electron chi connectivity index (χ0n) is 16.4. The van der Waals surface area contributed by atoms with E-state index in [1.165, 1.54) is 0 Å². The van der Waals surface area contributed by atoms with Gasteiger partial charge < -0.3 is 9.73 Å². The van der Waals surface area contributed by atoms with E-state index in [4.69, 9.17) is 4.42 Å². The number of hydrogen-bond donors (Lipinski definition) is 2. The van der Waals surface area contributed by atoms with E-state index < -0.39 is 17.2 Å². The maximum absolute atomic E-state index is 12.7. The van der Waals surface area contributed by atoms with Gasteiger partial charge >= 0.3 is 6.03 Å². The molecule has 29 heavy (non-hydrogen) atoms. The van der Waals surface area contributed by atoms with E-state index in [1.807, 2.05) is 56.3 Å². The first-order valence-electron chi connectivity index (χ1n) is 9.18. The monoisotopic (exact) mass is 410 g/mol. The molecule has 1 heterocycles. The number of thioether (sulfide) groups is 1. The van der Waals surface area contributed by atoms with Crippen LogP contribution in [0.15, 0.2) is 58.2 Å². The predicted octanol–water partition coefficient (Wildman–Crippen LogP) is 4.03. The third kappa shape index (κ3) is 5.45. The average Bonchev–Trinajstić information content (AvgIpc) is 3.15. The van der Waals surface area contributed by atoms with Gasteiger partial charge in [0, 0.05) is 12.1 Å². The zero-order valence-corrected chi connectivity index (χ0v) is 17.2. The standard InChI is InChI=1S/C21H22N4O3S/c1-4-22-20(27)23-18(26)17(15-8-6-5-7-9-15)29-21-25-24-19(28-21)16-11-13(2)10-14(3)12-16/h5-12,17H,4H2,1-3H3,(H2,22,23,26,27)/t17-/m1/s1. The molecule has 1 aromatic heterocycles. The predicted molar refractivity (Wildman–Crippen MR) is 111 cm³/mol. The van der Waals surface area contributed by atoms with E-state index in [9.17, 15) is 9.59 Å². The van der Waals surface area contributed by atoms with E-state index in [0.29, 0.717) is 12.4 Å². The smallest absolute Gasteiger partial charge is 0.321 e. The Morgan fingerprint density at radius 2 is 1.76 bits per heavy atom. The minimum atomic E-state index is -0.716. The molecule has 7 nitrogen and oxygen atoms in total. The summed E-state index contributed by atoms with van der Waals surface area (Å²) in [4.78, 5) is 24.5. The molecule has 3 aromatic rings. The Labute approximate surface area is 173 Å². The van der Waals surface area contributed by atoms with Crippen molar-refractivity contribution in [2.75, 3.05) is 6.54 Å². The SMILES string of the molecule is CCNC(=O)NC(=O)[C@H](Sc1nnc(-c2cc(C)cc(C)c2)o1)c1ccccc1. The van der Waals surface area contributed by atoms with Gasteiger partial charge in [0.2, 0.25) is 11.8 Å². The van der Waals surface area contributed by atoms with Crippen LogP contribution in [-0.4, -0.2) is 28.7 Å². The minimum absolute atomic E-state index is 0.249.